The number of hydrogen-bond donors (Lipinski definition) is 2. The lowest BCUT2D eigenvalue weighted by atomic mass is 10.2. The molecule has 0 radical (unpaired) electrons. The van der Waals surface area contributed by atoms with Crippen LogP contribution in [0.3, 0.4) is 0 Å². The van der Waals surface area contributed by atoms with Crippen LogP contribution in [0.25, 0.3) is 16.6 Å². The largest absolute Gasteiger partial charge is 0.494 e. The molecule has 1 aromatic carbocycles. The molecular weight excluding hydrogens is 390 g/mol. The van der Waals surface area contributed by atoms with Crippen LogP contribution in [0.2, 0.25) is 5.15 Å². The van der Waals surface area contributed by atoms with Gasteiger partial charge < -0.3 is 10.1 Å². The zero-order valence-corrected chi connectivity index (χ0v) is 16.3. The predicted molar refractivity (Wildman–Crippen MR) is 106 cm³/mol. The molecule has 0 amide bonds. The summed E-state index contributed by atoms with van der Waals surface area (Å²) in [5, 5.41) is 8.44. The van der Waals surface area contributed by atoms with Gasteiger partial charge in [0.2, 0.25) is 10.0 Å². The van der Waals surface area contributed by atoms with Gasteiger partial charge in [0.25, 0.3) is 0 Å². The van der Waals surface area contributed by atoms with Crippen LogP contribution < -0.4 is 14.8 Å². The van der Waals surface area contributed by atoms with Crippen molar-refractivity contribution in [1.82, 2.24) is 14.8 Å². The lowest BCUT2D eigenvalue weighted by molar-refractivity contribution is 0.412. The van der Waals surface area contributed by atoms with Gasteiger partial charge in [-0.3, -0.25) is 4.72 Å². The average Bonchev–Trinajstić information content (AvgIpc) is 3.44. The van der Waals surface area contributed by atoms with Gasteiger partial charge in [-0.15, -0.1) is 5.10 Å². The molecule has 10 heteroatoms. The highest BCUT2D eigenvalue weighted by Crippen LogP contribution is 2.34. The highest BCUT2D eigenvalue weighted by molar-refractivity contribution is 7.93. The molecule has 1 aliphatic rings. The van der Waals surface area contributed by atoms with E-state index in [1.807, 2.05) is 0 Å². The second-order valence-electron chi connectivity index (χ2n) is 6.27. The molecule has 1 saturated carbocycles. The number of nitrogens with one attached hydrogen (secondary N) is 2. The second-order valence-corrected chi connectivity index (χ2v) is 8.62. The zero-order valence-electron chi connectivity index (χ0n) is 14.7. The summed E-state index contributed by atoms with van der Waals surface area (Å²) in [4.78, 5) is 4.11. The van der Waals surface area contributed by atoms with E-state index in [4.69, 9.17) is 16.3 Å². The molecule has 2 N–H and O–H groups in total. The van der Waals surface area contributed by atoms with E-state index in [0.29, 0.717) is 40.9 Å². The molecule has 0 unspecified atom stereocenters. The fourth-order valence-corrected chi connectivity index (χ4v) is 4.43. The molecule has 3 aromatic rings. The standard InChI is InChI=1S/C17H18ClN5O3S/c1-19-17-12-9-20-16(18)8-14(12)23(21-17)13-6-3-10(7-15(13)26-2)22-27(24,25)11-4-5-11/h3,6-9,11,22H,4-5H2,1-2H3,(H,19,21). The SMILES string of the molecule is CNc1nn(-c2ccc(NS(=O)(=O)C3CC3)cc2OC)c2cc(Cl)ncc12. The van der Waals surface area contributed by atoms with Crippen LogP contribution in [0.4, 0.5) is 11.5 Å². The third kappa shape index (κ3) is 3.28. The highest BCUT2D eigenvalue weighted by Gasteiger charge is 2.35. The predicted octanol–water partition coefficient (Wildman–Crippen LogP) is 3.03. The summed E-state index contributed by atoms with van der Waals surface area (Å²) in [7, 11) is -0.0499. The summed E-state index contributed by atoms with van der Waals surface area (Å²) in [5.41, 5.74) is 1.86. The van der Waals surface area contributed by atoms with Crippen molar-refractivity contribution in [2.45, 2.75) is 18.1 Å². The minimum Gasteiger partial charge on any atom is -0.494 e. The van der Waals surface area contributed by atoms with Crippen molar-refractivity contribution in [1.29, 1.82) is 0 Å². The van der Waals surface area contributed by atoms with Crippen LogP contribution in [0, 0.1) is 0 Å². The van der Waals surface area contributed by atoms with E-state index in [1.165, 1.54) is 7.11 Å². The number of sulfonamides is 1. The Morgan fingerprint density at radius 2 is 2.07 bits per heavy atom. The molecule has 0 saturated heterocycles. The third-order valence-electron chi connectivity index (χ3n) is 4.40. The lowest BCUT2D eigenvalue weighted by Crippen LogP contribution is -2.17. The van der Waals surface area contributed by atoms with E-state index in [2.05, 4.69) is 20.1 Å². The summed E-state index contributed by atoms with van der Waals surface area (Å²) in [6, 6.07) is 6.80. The number of anilines is 2. The van der Waals surface area contributed by atoms with E-state index in [1.54, 1.807) is 42.2 Å². The molecule has 2 heterocycles. The van der Waals surface area contributed by atoms with Crippen molar-refractivity contribution in [3.8, 4) is 11.4 Å². The van der Waals surface area contributed by atoms with Gasteiger partial charge in [0.15, 0.2) is 5.82 Å². The number of fused-ring (bicyclic) bond motifs is 1. The molecule has 4 rings (SSSR count). The Morgan fingerprint density at radius 3 is 2.74 bits per heavy atom. The maximum Gasteiger partial charge on any atom is 0.235 e. The first-order valence-electron chi connectivity index (χ1n) is 8.35. The minimum atomic E-state index is -3.35. The van der Waals surface area contributed by atoms with Crippen LogP contribution in [-0.4, -0.2) is 42.6 Å². The van der Waals surface area contributed by atoms with Gasteiger partial charge in [-0.2, -0.15) is 0 Å². The van der Waals surface area contributed by atoms with Gasteiger partial charge in [0.05, 0.1) is 29.0 Å². The van der Waals surface area contributed by atoms with E-state index < -0.39 is 10.0 Å². The van der Waals surface area contributed by atoms with Crippen molar-refractivity contribution in [3.05, 3.63) is 35.6 Å². The van der Waals surface area contributed by atoms with E-state index >= 15 is 0 Å². The summed E-state index contributed by atoms with van der Waals surface area (Å²) in [5.74, 6) is 1.13. The number of halogens is 1. The molecule has 0 spiro atoms. The van der Waals surface area contributed by atoms with Crippen LogP contribution in [0.1, 0.15) is 12.8 Å². The molecule has 142 valence electrons. The summed E-state index contributed by atoms with van der Waals surface area (Å²) in [6.07, 6.45) is 3.05. The van der Waals surface area contributed by atoms with Crippen LogP contribution >= 0.6 is 11.6 Å². The average molecular weight is 408 g/mol. The normalized spacial score (nSPS) is 14.3. The first-order chi connectivity index (χ1) is 12.9. The van der Waals surface area contributed by atoms with Gasteiger partial charge in [-0.1, -0.05) is 11.6 Å². The van der Waals surface area contributed by atoms with Crippen LogP contribution in [-0.2, 0) is 10.0 Å². The molecule has 8 nitrogen and oxygen atoms in total. The Bertz CT molecular complexity index is 1130. The van der Waals surface area contributed by atoms with Gasteiger partial charge in [0, 0.05) is 25.4 Å². The number of aromatic nitrogens is 3. The molecule has 1 aliphatic carbocycles. The Morgan fingerprint density at radius 1 is 1.30 bits per heavy atom. The monoisotopic (exact) mass is 407 g/mol. The Kier molecular flexibility index (Phi) is 4.35. The third-order valence-corrected chi connectivity index (χ3v) is 6.48. The number of methoxy groups -OCH3 is 1. The number of benzene rings is 1. The van der Waals surface area contributed by atoms with E-state index in [0.717, 1.165) is 10.9 Å². The van der Waals surface area contributed by atoms with Crippen molar-refractivity contribution in [3.63, 3.8) is 0 Å². The smallest absolute Gasteiger partial charge is 0.235 e. The number of ether oxygens (including phenoxy) is 1. The molecule has 2 aromatic heterocycles. The maximum atomic E-state index is 12.2. The van der Waals surface area contributed by atoms with Gasteiger partial charge in [-0.25, -0.2) is 18.1 Å². The number of nitrogens with zero attached hydrogens (tertiary/aromatic N) is 3. The first-order valence-corrected chi connectivity index (χ1v) is 10.3. The zero-order chi connectivity index (χ0) is 19.2. The fraction of sp³-hybridized carbons (Fsp3) is 0.294. The van der Waals surface area contributed by atoms with Crippen LogP contribution in [0.15, 0.2) is 30.5 Å². The van der Waals surface area contributed by atoms with Gasteiger partial charge >= 0.3 is 0 Å². The summed E-state index contributed by atoms with van der Waals surface area (Å²) in [6.45, 7) is 0. The summed E-state index contributed by atoms with van der Waals surface area (Å²) < 4.78 is 34.1. The van der Waals surface area contributed by atoms with Crippen molar-refractivity contribution < 1.29 is 13.2 Å². The van der Waals surface area contributed by atoms with Crippen LogP contribution in [0.5, 0.6) is 5.75 Å². The van der Waals surface area contributed by atoms with Crippen molar-refractivity contribution in [2.24, 2.45) is 0 Å². The Labute approximate surface area is 161 Å². The molecule has 27 heavy (non-hydrogen) atoms. The Balaban J connectivity index is 1.80. The Hall–Kier alpha value is -2.52. The van der Waals surface area contributed by atoms with Gasteiger partial charge in [0.1, 0.15) is 16.6 Å². The lowest BCUT2D eigenvalue weighted by Gasteiger charge is -2.13. The first kappa shape index (κ1) is 17.9. The van der Waals surface area contributed by atoms with Crippen molar-refractivity contribution in [2.75, 3.05) is 24.2 Å². The second kappa shape index (κ2) is 6.58. The molecule has 0 bridgehead atoms. The maximum absolute atomic E-state index is 12.2. The molecule has 0 aliphatic heterocycles. The highest BCUT2D eigenvalue weighted by atomic mass is 35.5. The topological polar surface area (TPSA) is 98.1 Å². The summed E-state index contributed by atoms with van der Waals surface area (Å²) >= 11 is 6.06. The molecule has 0 atom stereocenters. The fourth-order valence-electron chi connectivity index (χ4n) is 2.90. The quantitative estimate of drug-likeness (QED) is 0.609. The van der Waals surface area contributed by atoms with Gasteiger partial charge in [-0.05, 0) is 25.0 Å². The number of hydrogen-bond acceptors (Lipinski definition) is 6. The minimum absolute atomic E-state index is 0.300. The van der Waals surface area contributed by atoms with E-state index in [-0.39, 0.29) is 5.25 Å². The molecule has 1 fully saturated rings. The molecular formula is C17H18ClN5O3S. The van der Waals surface area contributed by atoms with Crippen molar-refractivity contribution >= 4 is 44.0 Å². The number of rotatable bonds is 6. The number of pyridine rings is 1. The van der Waals surface area contributed by atoms with E-state index in [9.17, 15) is 8.42 Å².